The summed E-state index contributed by atoms with van der Waals surface area (Å²) in [5.74, 6) is 1.57. The van der Waals surface area contributed by atoms with Crippen molar-refractivity contribution in [3.8, 4) is 0 Å². The highest BCUT2D eigenvalue weighted by Gasteiger charge is 2.29. The first kappa shape index (κ1) is 21.5. The molecule has 2 rings (SSSR count). The Hall–Kier alpha value is -0.570. The Balaban J connectivity index is 0.00000288. The van der Waals surface area contributed by atoms with Crippen molar-refractivity contribution in [2.24, 2.45) is 10.9 Å². The molecule has 0 aromatic carbocycles. The third-order valence-corrected chi connectivity index (χ3v) is 4.76. The van der Waals surface area contributed by atoms with Gasteiger partial charge in [-0.15, -0.1) is 24.0 Å². The summed E-state index contributed by atoms with van der Waals surface area (Å²) in [4.78, 5) is 21.1. The number of carbonyl (C=O) groups is 1. The first-order valence-electron chi connectivity index (χ1n) is 9.08. The minimum Gasteiger partial charge on any atom is -0.355 e. The SMILES string of the molecule is CN=C(NCCN1CCN(C(=O)C2CCCC2)CC1)NC(C)C.I. The normalized spacial score (nSPS) is 20.2. The maximum atomic E-state index is 12.4. The summed E-state index contributed by atoms with van der Waals surface area (Å²) in [7, 11) is 1.80. The number of rotatable bonds is 5. The van der Waals surface area contributed by atoms with Crippen LogP contribution < -0.4 is 10.6 Å². The van der Waals surface area contributed by atoms with Crippen LogP contribution in [0.3, 0.4) is 0 Å². The molecular weight excluding hydrogens is 417 g/mol. The second-order valence-electron chi connectivity index (χ2n) is 6.95. The number of hydrogen-bond acceptors (Lipinski definition) is 3. The Kier molecular flexibility index (Phi) is 9.95. The molecule has 0 aromatic rings. The number of nitrogens with one attached hydrogen (secondary N) is 2. The number of aliphatic imine (C=N–C) groups is 1. The van der Waals surface area contributed by atoms with Crippen LogP contribution in [0.4, 0.5) is 0 Å². The quantitative estimate of drug-likeness (QED) is 0.378. The van der Waals surface area contributed by atoms with Crippen molar-refractivity contribution in [2.45, 2.75) is 45.6 Å². The molecule has 2 aliphatic rings. The molecule has 140 valence electrons. The maximum Gasteiger partial charge on any atom is 0.225 e. The van der Waals surface area contributed by atoms with Gasteiger partial charge in [-0.2, -0.15) is 0 Å². The zero-order chi connectivity index (χ0) is 16.7. The van der Waals surface area contributed by atoms with Crippen molar-refractivity contribution in [1.29, 1.82) is 0 Å². The Morgan fingerprint density at radius 2 is 1.79 bits per heavy atom. The van der Waals surface area contributed by atoms with Gasteiger partial charge in [0.2, 0.25) is 5.91 Å². The third kappa shape index (κ3) is 6.74. The lowest BCUT2D eigenvalue weighted by Crippen LogP contribution is -2.52. The van der Waals surface area contributed by atoms with Gasteiger partial charge in [-0.25, -0.2) is 0 Å². The molecule has 0 spiro atoms. The molecule has 6 nitrogen and oxygen atoms in total. The molecule has 1 amide bonds. The van der Waals surface area contributed by atoms with Crippen LogP contribution in [-0.4, -0.2) is 74.0 Å². The molecule has 0 aromatic heterocycles. The van der Waals surface area contributed by atoms with Gasteiger partial charge in [-0.05, 0) is 26.7 Å². The molecular formula is C17H34IN5O. The Morgan fingerprint density at radius 3 is 2.33 bits per heavy atom. The lowest BCUT2D eigenvalue weighted by atomic mass is 10.1. The largest absolute Gasteiger partial charge is 0.355 e. The van der Waals surface area contributed by atoms with Gasteiger partial charge < -0.3 is 15.5 Å². The van der Waals surface area contributed by atoms with E-state index in [4.69, 9.17) is 0 Å². The molecule has 1 saturated carbocycles. The van der Waals surface area contributed by atoms with Gasteiger partial charge in [0.15, 0.2) is 5.96 Å². The average Bonchev–Trinajstić information content (AvgIpc) is 3.08. The molecule has 2 N–H and O–H groups in total. The molecule has 1 heterocycles. The van der Waals surface area contributed by atoms with E-state index in [0.29, 0.717) is 17.9 Å². The van der Waals surface area contributed by atoms with Crippen LogP contribution in [0.1, 0.15) is 39.5 Å². The van der Waals surface area contributed by atoms with Crippen molar-refractivity contribution in [3.05, 3.63) is 0 Å². The van der Waals surface area contributed by atoms with E-state index in [1.54, 1.807) is 7.05 Å². The highest BCUT2D eigenvalue weighted by Crippen LogP contribution is 2.26. The van der Waals surface area contributed by atoms with Crippen LogP contribution in [0.2, 0.25) is 0 Å². The highest BCUT2D eigenvalue weighted by molar-refractivity contribution is 14.0. The number of halogens is 1. The number of hydrogen-bond donors (Lipinski definition) is 2. The fourth-order valence-corrected chi connectivity index (χ4v) is 3.42. The van der Waals surface area contributed by atoms with E-state index in [0.717, 1.165) is 58.1 Å². The predicted molar refractivity (Wildman–Crippen MR) is 110 cm³/mol. The van der Waals surface area contributed by atoms with E-state index in [1.807, 2.05) is 0 Å². The molecule has 0 atom stereocenters. The fraction of sp³-hybridized carbons (Fsp3) is 0.882. The second-order valence-corrected chi connectivity index (χ2v) is 6.95. The lowest BCUT2D eigenvalue weighted by Gasteiger charge is -2.36. The van der Waals surface area contributed by atoms with Crippen LogP contribution in [-0.2, 0) is 4.79 Å². The van der Waals surface area contributed by atoms with Gasteiger partial charge in [-0.1, -0.05) is 12.8 Å². The summed E-state index contributed by atoms with van der Waals surface area (Å²) in [5, 5.41) is 6.63. The molecule has 24 heavy (non-hydrogen) atoms. The zero-order valence-corrected chi connectivity index (χ0v) is 17.7. The molecule has 2 fully saturated rings. The third-order valence-electron chi connectivity index (χ3n) is 4.76. The summed E-state index contributed by atoms with van der Waals surface area (Å²) in [6.07, 6.45) is 4.66. The number of nitrogens with zero attached hydrogens (tertiary/aromatic N) is 3. The molecule has 7 heteroatoms. The molecule has 1 saturated heterocycles. The monoisotopic (exact) mass is 451 g/mol. The Bertz CT molecular complexity index is 402. The average molecular weight is 451 g/mol. The van der Waals surface area contributed by atoms with Crippen LogP contribution >= 0.6 is 24.0 Å². The molecule has 0 unspecified atom stereocenters. The molecule has 0 bridgehead atoms. The molecule has 0 radical (unpaired) electrons. The van der Waals surface area contributed by atoms with Gasteiger partial charge in [-0.3, -0.25) is 14.7 Å². The van der Waals surface area contributed by atoms with E-state index >= 15 is 0 Å². The lowest BCUT2D eigenvalue weighted by molar-refractivity contribution is -0.137. The van der Waals surface area contributed by atoms with Gasteiger partial charge >= 0.3 is 0 Å². The van der Waals surface area contributed by atoms with Gasteiger partial charge in [0.1, 0.15) is 0 Å². The summed E-state index contributed by atoms with van der Waals surface area (Å²) in [5.41, 5.74) is 0. The number of carbonyl (C=O) groups excluding carboxylic acids is 1. The zero-order valence-electron chi connectivity index (χ0n) is 15.4. The van der Waals surface area contributed by atoms with Crippen molar-refractivity contribution in [3.63, 3.8) is 0 Å². The Morgan fingerprint density at radius 1 is 1.17 bits per heavy atom. The minimum atomic E-state index is 0. The van der Waals surface area contributed by atoms with Gasteiger partial charge in [0, 0.05) is 58.3 Å². The van der Waals surface area contributed by atoms with E-state index in [2.05, 4.69) is 39.3 Å². The minimum absolute atomic E-state index is 0. The van der Waals surface area contributed by atoms with E-state index in [9.17, 15) is 4.79 Å². The van der Waals surface area contributed by atoms with Gasteiger partial charge in [0.25, 0.3) is 0 Å². The second kappa shape index (κ2) is 11.1. The van der Waals surface area contributed by atoms with Crippen molar-refractivity contribution in [2.75, 3.05) is 46.3 Å². The predicted octanol–water partition coefficient (Wildman–Crippen LogP) is 1.51. The van der Waals surface area contributed by atoms with Crippen molar-refractivity contribution >= 4 is 35.8 Å². The number of piperazine rings is 1. The summed E-state index contributed by atoms with van der Waals surface area (Å²) in [6.45, 7) is 9.81. The van der Waals surface area contributed by atoms with E-state index in [1.165, 1.54) is 12.8 Å². The molecule has 1 aliphatic heterocycles. The van der Waals surface area contributed by atoms with Gasteiger partial charge in [0.05, 0.1) is 0 Å². The standard InChI is InChI=1S/C17H33N5O.HI/c1-14(2)20-17(18-3)19-8-9-21-10-12-22(13-11-21)16(23)15-6-4-5-7-15;/h14-15H,4-13H2,1-3H3,(H2,18,19,20);1H. The number of guanidine groups is 1. The van der Waals surface area contributed by atoms with Crippen LogP contribution in [0.5, 0.6) is 0 Å². The van der Waals surface area contributed by atoms with Crippen molar-refractivity contribution in [1.82, 2.24) is 20.4 Å². The first-order valence-corrected chi connectivity index (χ1v) is 9.08. The fourth-order valence-electron chi connectivity index (χ4n) is 3.42. The summed E-state index contributed by atoms with van der Waals surface area (Å²) in [6, 6.07) is 0.381. The van der Waals surface area contributed by atoms with Crippen LogP contribution in [0, 0.1) is 5.92 Å². The molecule has 1 aliphatic carbocycles. The first-order chi connectivity index (χ1) is 11.1. The van der Waals surface area contributed by atoms with Crippen LogP contribution in [0.25, 0.3) is 0 Å². The van der Waals surface area contributed by atoms with Crippen LogP contribution in [0.15, 0.2) is 4.99 Å². The highest BCUT2D eigenvalue weighted by atomic mass is 127. The smallest absolute Gasteiger partial charge is 0.225 e. The maximum absolute atomic E-state index is 12.4. The topological polar surface area (TPSA) is 60.0 Å². The summed E-state index contributed by atoms with van der Waals surface area (Å²) < 4.78 is 0. The number of amides is 1. The van der Waals surface area contributed by atoms with Crippen molar-refractivity contribution < 1.29 is 4.79 Å². The van der Waals surface area contributed by atoms with E-state index < -0.39 is 0 Å². The Labute approximate surface area is 163 Å². The summed E-state index contributed by atoms with van der Waals surface area (Å²) >= 11 is 0. The van der Waals surface area contributed by atoms with E-state index in [-0.39, 0.29) is 24.0 Å².